The molecule has 42 valence electrons. The summed E-state index contributed by atoms with van der Waals surface area (Å²) in [5.74, 6) is 2.31. The molecule has 0 aliphatic carbocycles. The van der Waals surface area contributed by atoms with E-state index in [2.05, 4.69) is 0 Å². The summed E-state index contributed by atoms with van der Waals surface area (Å²) in [5.41, 5.74) is 0. The lowest BCUT2D eigenvalue weighted by molar-refractivity contribution is 0.168. The van der Waals surface area contributed by atoms with Gasteiger partial charge in [0.1, 0.15) is 0 Å². The van der Waals surface area contributed by atoms with Crippen molar-refractivity contribution < 1.29 is 4.74 Å². The van der Waals surface area contributed by atoms with Gasteiger partial charge in [-0.1, -0.05) is 21.6 Å². The van der Waals surface area contributed by atoms with Crippen LogP contribution in [-0.4, -0.2) is 24.7 Å². The van der Waals surface area contributed by atoms with Gasteiger partial charge in [-0.25, -0.2) is 0 Å². The van der Waals surface area contributed by atoms with Crippen molar-refractivity contribution in [1.29, 1.82) is 0 Å². The SMILES string of the molecule is C1CSSCCO1. The Morgan fingerprint density at radius 2 is 1.57 bits per heavy atom. The fourth-order valence-corrected chi connectivity index (χ4v) is 2.13. The second-order valence-corrected chi connectivity index (χ2v) is 3.96. The molecule has 1 fully saturated rings. The van der Waals surface area contributed by atoms with Gasteiger partial charge in [-0.05, 0) is 0 Å². The number of ether oxygens (including phenoxy) is 1. The first-order chi connectivity index (χ1) is 3.50. The van der Waals surface area contributed by atoms with Crippen molar-refractivity contribution in [1.82, 2.24) is 0 Å². The summed E-state index contributed by atoms with van der Waals surface area (Å²) in [6.45, 7) is 1.88. The van der Waals surface area contributed by atoms with Crippen LogP contribution in [0.25, 0.3) is 0 Å². The van der Waals surface area contributed by atoms with Gasteiger partial charge in [0.05, 0.1) is 13.2 Å². The van der Waals surface area contributed by atoms with Crippen LogP contribution in [0.1, 0.15) is 0 Å². The fourth-order valence-electron chi connectivity index (χ4n) is 0.406. The third-order valence-electron chi connectivity index (χ3n) is 0.705. The first-order valence-corrected chi connectivity index (χ1v) is 4.81. The number of hydrogen-bond acceptors (Lipinski definition) is 3. The highest BCUT2D eigenvalue weighted by Gasteiger charge is 1.96. The van der Waals surface area contributed by atoms with Gasteiger partial charge in [0.25, 0.3) is 0 Å². The topological polar surface area (TPSA) is 9.23 Å². The van der Waals surface area contributed by atoms with Gasteiger partial charge in [-0.2, -0.15) is 0 Å². The summed E-state index contributed by atoms with van der Waals surface area (Å²) >= 11 is 0. The van der Waals surface area contributed by atoms with Crippen molar-refractivity contribution in [3.05, 3.63) is 0 Å². The minimum atomic E-state index is 0.942. The monoisotopic (exact) mass is 136 g/mol. The molecule has 1 saturated heterocycles. The molecule has 1 aliphatic rings. The third-order valence-corrected chi connectivity index (χ3v) is 3.04. The molecule has 0 saturated carbocycles. The lowest BCUT2D eigenvalue weighted by atomic mass is 10.8. The van der Waals surface area contributed by atoms with Crippen LogP contribution in [0.4, 0.5) is 0 Å². The van der Waals surface area contributed by atoms with Crippen molar-refractivity contribution in [3.63, 3.8) is 0 Å². The predicted octanol–water partition coefficient (Wildman–Crippen LogP) is 1.40. The molecule has 1 rings (SSSR count). The van der Waals surface area contributed by atoms with Crippen LogP contribution < -0.4 is 0 Å². The van der Waals surface area contributed by atoms with E-state index < -0.39 is 0 Å². The first-order valence-electron chi connectivity index (χ1n) is 2.32. The van der Waals surface area contributed by atoms with E-state index in [0.717, 1.165) is 24.7 Å². The third kappa shape index (κ3) is 2.46. The van der Waals surface area contributed by atoms with Crippen LogP contribution >= 0.6 is 21.6 Å². The Morgan fingerprint density at radius 1 is 1.00 bits per heavy atom. The molecular formula is C4H8OS2. The van der Waals surface area contributed by atoms with Crippen molar-refractivity contribution in [3.8, 4) is 0 Å². The summed E-state index contributed by atoms with van der Waals surface area (Å²) in [5, 5.41) is 0. The average molecular weight is 136 g/mol. The van der Waals surface area contributed by atoms with E-state index in [9.17, 15) is 0 Å². The molecule has 0 aromatic rings. The largest absolute Gasteiger partial charge is 0.380 e. The Morgan fingerprint density at radius 3 is 2.14 bits per heavy atom. The zero-order chi connectivity index (χ0) is 4.95. The molecule has 0 N–H and O–H groups in total. The van der Waals surface area contributed by atoms with Gasteiger partial charge in [-0.15, -0.1) is 0 Å². The molecule has 0 radical (unpaired) electrons. The number of rotatable bonds is 0. The van der Waals surface area contributed by atoms with E-state index in [1.165, 1.54) is 0 Å². The molecule has 0 atom stereocenters. The highest BCUT2D eigenvalue weighted by molar-refractivity contribution is 8.76. The van der Waals surface area contributed by atoms with Crippen LogP contribution in [0.5, 0.6) is 0 Å². The summed E-state index contributed by atoms with van der Waals surface area (Å²) in [7, 11) is 3.81. The van der Waals surface area contributed by atoms with Gasteiger partial charge >= 0.3 is 0 Å². The molecule has 1 nitrogen and oxygen atoms in total. The van der Waals surface area contributed by atoms with Gasteiger partial charge in [0.2, 0.25) is 0 Å². The Bertz CT molecular complexity index is 29.3. The Kier molecular flexibility index (Phi) is 3.01. The minimum absolute atomic E-state index is 0.942. The summed E-state index contributed by atoms with van der Waals surface area (Å²) in [6, 6.07) is 0. The number of hydrogen-bond donors (Lipinski definition) is 0. The maximum atomic E-state index is 5.15. The molecule has 3 heteroatoms. The summed E-state index contributed by atoms with van der Waals surface area (Å²) < 4.78 is 5.15. The van der Waals surface area contributed by atoms with E-state index >= 15 is 0 Å². The zero-order valence-corrected chi connectivity index (χ0v) is 5.69. The van der Waals surface area contributed by atoms with Crippen molar-refractivity contribution in [2.75, 3.05) is 24.7 Å². The molecule has 0 spiro atoms. The highest BCUT2D eigenvalue weighted by Crippen LogP contribution is 2.22. The van der Waals surface area contributed by atoms with E-state index in [1.54, 1.807) is 0 Å². The highest BCUT2D eigenvalue weighted by atomic mass is 33.1. The van der Waals surface area contributed by atoms with Gasteiger partial charge in [-0.3, -0.25) is 0 Å². The predicted molar refractivity (Wildman–Crippen MR) is 35.7 cm³/mol. The molecule has 0 unspecified atom stereocenters. The molecule has 1 aliphatic heterocycles. The molecule has 1 heterocycles. The van der Waals surface area contributed by atoms with Gasteiger partial charge in [0, 0.05) is 11.5 Å². The van der Waals surface area contributed by atoms with E-state index in [-0.39, 0.29) is 0 Å². The quantitative estimate of drug-likeness (QED) is 0.466. The summed E-state index contributed by atoms with van der Waals surface area (Å²) in [4.78, 5) is 0. The van der Waals surface area contributed by atoms with Crippen LogP contribution in [0.2, 0.25) is 0 Å². The second kappa shape index (κ2) is 3.64. The molecular weight excluding hydrogens is 128 g/mol. The Balaban J connectivity index is 2.04. The Labute approximate surface area is 51.6 Å². The Hall–Kier alpha value is 0.660. The van der Waals surface area contributed by atoms with Crippen molar-refractivity contribution in [2.24, 2.45) is 0 Å². The van der Waals surface area contributed by atoms with E-state index in [4.69, 9.17) is 4.74 Å². The maximum Gasteiger partial charge on any atom is 0.0565 e. The van der Waals surface area contributed by atoms with Crippen LogP contribution in [0.3, 0.4) is 0 Å². The molecule has 0 aromatic heterocycles. The van der Waals surface area contributed by atoms with Crippen LogP contribution in [0, 0.1) is 0 Å². The average Bonchev–Trinajstić information content (AvgIpc) is 1.90. The molecule has 0 bridgehead atoms. The van der Waals surface area contributed by atoms with Gasteiger partial charge in [0.15, 0.2) is 0 Å². The molecule has 0 aromatic carbocycles. The molecule has 0 amide bonds. The van der Waals surface area contributed by atoms with E-state index in [1.807, 2.05) is 21.6 Å². The first kappa shape index (κ1) is 5.79. The maximum absolute atomic E-state index is 5.15. The van der Waals surface area contributed by atoms with Crippen LogP contribution in [0.15, 0.2) is 0 Å². The van der Waals surface area contributed by atoms with Crippen molar-refractivity contribution in [2.45, 2.75) is 0 Å². The second-order valence-electron chi connectivity index (χ2n) is 1.26. The van der Waals surface area contributed by atoms with Crippen LogP contribution in [-0.2, 0) is 4.74 Å². The standard InChI is InChI=1S/C4H8OS2/c1-3-6-7-4-2-5-1/h1-4H2. The zero-order valence-electron chi connectivity index (χ0n) is 4.05. The van der Waals surface area contributed by atoms with Crippen molar-refractivity contribution >= 4 is 21.6 Å². The fraction of sp³-hybridized carbons (Fsp3) is 1.00. The normalized spacial score (nSPS) is 24.0. The lowest BCUT2D eigenvalue weighted by Gasteiger charge is -1.90. The smallest absolute Gasteiger partial charge is 0.0565 e. The summed E-state index contributed by atoms with van der Waals surface area (Å²) in [6.07, 6.45) is 0. The lowest BCUT2D eigenvalue weighted by Crippen LogP contribution is -1.95. The van der Waals surface area contributed by atoms with Gasteiger partial charge < -0.3 is 4.74 Å². The minimum Gasteiger partial charge on any atom is -0.380 e. The molecule has 7 heavy (non-hydrogen) atoms. The van der Waals surface area contributed by atoms with E-state index in [0.29, 0.717) is 0 Å².